The molecule has 0 heterocycles. The van der Waals surface area contributed by atoms with Crippen LogP contribution in [-0.2, 0) is 0 Å². The molecule has 46 heavy (non-hydrogen) atoms. The first-order valence-corrected chi connectivity index (χ1v) is 16.2. The third-order valence-electron chi connectivity index (χ3n) is 9.16. The number of hydrogen-bond acceptors (Lipinski definition) is 0. The Hall–Kier alpha value is -5.12. The fourth-order valence-electron chi connectivity index (χ4n) is 7.38. The van der Waals surface area contributed by atoms with Gasteiger partial charge in [-0.2, -0.15) is 0 Å². The smallest absolute Gasteiger partial charge is 0.0408 e. The molecular formula is C46H42. The Morgan fingerprint density at radius 1 is 0.326 bits per heavy atom. The zero-order valence-corrected chi connectivity index (χ0v) is 28.4. The van der Waals surface area contributed by atoms with Crippen LogP contribution in [0.2, 0.25) is 0 Å². The molecule has 0 N–H and O–H groups in total. The Kier molecular flexibility index (Phi) is 8.53. The van der Waals surface area contributed by atoms with Gasteiger partial charge in [-0.15, -0.1) is 0 Å². The summed E-state index contributed by atoms with van der Waals surface area (Å²) >= 11 is 0. The number of hydrogen-bond donors (Lipinski definition) is 0. The van der Waals surface area contributed by atoms with E-state index in [1.807, 2.05) is 0 Å². The van der Waals surface area contributed by atoms with E-state index in [2.05, 4.69) is 176 Å². The van der Waals surface area contributed by atoms with Crippen LogP contribution < -0.4 is 0 Å². The SMILES string of the molecule is Cc1cc(C)c(-c2ccc(C)c(-c3ccccc3)c2C#Cc2c(-c3c(C)cc(C)cc3C)ccc(C)c2-c2ccccc2)c(C)c1. The van der Waals surface area contributed by atoms with Gasteiger partial charge < -0.3 is 0 Å². The Bertz CT molecular complexity index is 1950. The fourth-order valence-corrected chi connectivity index (χ4v) is 7.38. The van der Waals surface area contributed by atoms with Gasteiger partial charge in [-0.05, 0) is 122 Å². The molecule has 0 fully saturated rings. The largest absolute Gasteiger partial charge is 0.0622 e. The molecule has 0 aliphatic rings. The van der Waals surface area contributed by atoms with Crippen LogP contribution in [0.1, 0.15) is 55.6 Å². The van der Waals surface area contributed by atoms with Crippen molar-refractivity contribution in [2.24, 2.45) is 0 Å². The van der Waals surface area contributed by atoms with E-state index in [1.54, 1.807) is 0 Å². The zero-order valence-electron chi connectivity index (χ0n) is 28.4. The highest BCUT2D eigenvalue weighted by Crippen LogP contribution is 2.40. The van der Waals surface area contributed by atoms with Crippen molar-refractivity contribution in [1.29, 1.82) is 0 Å². The Morgan fingerprint density at radius 3 is 0.978 bits per heavy atom. The molecule has 0 aliphatic carbocycles. The lowest BCUT2D eigenvalue weighted by Gasteiger charge is -2.19. The third kappa shape index (κ3) is 5.82. The lowest BCUT2D eigenvalue weighted by atomic mass is 9.84. The summed E-state index contributed by atoms with van der Waals surface area (Å²) in [6, 6.07) is 39.7. The minimum absolute atomic E-state index is 1.07. The van der Waals surface area contributed by atoms with Crippen molar-refractivity contribution in [2.75, 3.05) is 0 Å². The van der Waals surface area contributed by atoms with Gasteiger partial charge in [-0.3, -0.25) is 0 Å². The van der Waals surface area contributed by atoms with Crippen molar-refractivity contribution in [1.82, 2.24) is 0 Å². The maximum atomic E-state index is 3.85. The van der Waals surface area contributed by atoms with E-state index in [0.717, 1.165) is 11.1 Å². The van der Waals surface area contributed by atoms with Crippen molar-refractivity contribution in [2.45, 2.75) is 55.4 Å². The molecule has 6 rings (SSSR count). The summed E-state index contributed by atoms with van der Waals surface area (Å²) in [5.41, 5.74) is 21.9. The van der Waals surface area contributed by atoms with Gasteiger partial charge in [-0.1, -0.05) is 132 Å². The van der Waals surface area contributed by atoms with Gasteiger partial charge in [0.1, 0.15) is 0 Å². The fraction of sp³-hybridized carbons (Fsp3) is 0.174. The maximum absolute atomic E-state index is 3.85. The maximum Gasteiger partial charge on any atom is 0.0408 e. The number of benzene rings is 6. The molecule has 0 unspecified atom stereocenters. The molecule has 0 bridgehead atoms. The monoisotopic (exact) mass is 594 g/mol. The van der Waals surface area contributed by atoms with Crippen molar-refractivity contribution < 1.29 is 0 Å². The molecule has 0 amide bonds. The van der Waals surface area contributed by atoms with Crippen LogP contribution in [0.4, 0.5) is 0 Å². The second-order valence-electron chi connectivity index (χ2n) is 12.9. The lowest BCUT2D eigenvalue weighted by molar-refractivity contribution is 1.31. The molecule has 6 aromatic rings. The summed E-state index contributed by atoms with van der Waals surface area (Å²) in [5.74, 6) is 7.71. The molecule has 0 atom stereocenters. The summed E-state index contributed by atoms with van der Waals surface area (Å²) in [5, 5.41) is 0. The van der Waals surface area contributed by atoms with Gasteiger partial charge >= 0.3 is 0 Å². The predicted octanol–water partition coefficient (Wildman–Crippen LogP) is 12.2. The average Bonchev–Trinajstić information content (AvgIpc) is 3.01. The second kappa shape index (κ2) is 12.7. The molecule has 226 valence electrons. The van der Waals surface area contributed by atoms with E-state index < -0.39 is 0 Å². The first kappa shape index (κ1) is 30.9. The first-order chi connectivity index (χ1) is 22.1. The van der Waals surface area contributed by atoms with Crippen LogP contribution in [0, 0.1) is 67.2 Å². The molecule has 0 heteroatoms. The van der Waals surface area contributed by atoms with E-state index >= 15 is 0 Å². The zero-order chi connectivity index (χ0) is 32.5. The number of aryl methyl sites for hydroxylation is 8. The summed E-state index contributed by atoms with van der Waals surface area (Å²) in [6.45, 7) is 17.7. The molecule has 0 nitrogen and oxygen atoms in total. The summed E-state index contributed by atoms with van der Waals surface area (Å²) in [6.07, 6.45) is 0. The van der Waals surface area contributed by atoms with E-state index in [4.69, 9.17) is 0 Å². The van der Waals surface area contributed by atoms with Crippen LogP contribution in [0.5, 0.6) is 0 Å². The summed E-state index contributed by atoms with van der Waals surface area (Å²) in [7, 11) is 0. The van der Waals surface area contributed by atoms with E-state index in [1.165, 1.54) is 89.0 Å². The van der Waals surface area contributed by atoms with Crippen molar-refractivity contribution in [3.63, 3.8) is 0 Å². The molecule has 6 aromatic carbocycles. The molecule has 0 aromatic heterocycles. The highest BCUT2D eigenvalue weighted by molar-refractivity contribution is 5.90. The third-order valence-corrected chi connectivity index (χ3v) is 9.16. The number of rotatable bonds is 4. The molecule has 0 saturated carbocycles. The molecule has 0 aliphatic heterocycles. The Labute approximate surface area is 275 Å². The van der Waals surface area contributed by atoms with Gasteiger partial charge in [0.2, 0.25) is 0 Å². The lowest BCUT2D eigenvalue weighted by Crippen LogP contribution is -1.99. The van der Waals surface area contributed by atoms with Crippen LogP contribution in [-0.4, -0.2) is 0 Å². The normalized spacial score (nSPS) is 10.9. The first-order valence-electron chi connectivity index (χ1n) is 16.2. The molecule has 0 saturated heterocycles. The highest BCUT2D eigenvalue weighted by Gasteiger charge is 2.19. The van der Waals surface area contributed by atoms with Crippen LogP contribution in [0.15, 0.2) is 109 Å². The van der Waals surface area contributed by atoms with Crippen LogP contribution >= 0.6 is 0 Å². The van der Waals surface area contributed by atoms with E-state index in [-0.39, 0.29) is 0 Å². The van der Waals surface area contributed by atoms with Crippen molar-refractivity contribution in [3.8, 4) is 56.3 Å². The molecular weight excluding hydrogens is 553 g/mol. The van der Waals surface area contributed by atoms with Gasteiger partial charge in [0, 0.05) is 22.3 Å². The minimum Gasteiger partial charge on any atom is -0.0622 e. The minimum atomic E-state index is 1.07. The van der Waals surface area contributed by atoms with Gasteiger partial charge in [0.25, 0.3) is 0 Å². The Morgan fingerprint density at radius 2 is 0.652 bits per heavy atom. The second-order valence-corrected chi connectivity index (χ2v) is 12.9. The summed E-state index contributed by atoms with van der Waals surface area (Å²) < 4.78 is 0. The molecule has 0 radical (unpaired) electrons. The van der Waals surface area contributed by atoms with Crippen molar-refractivity contribution in [3.05, 3.63) is 165 Å². The Balaban J connectivity index is 1.73. The average molecular weight is 595 g/mol. The van der Waals surface area contributed by atoms with Crippen LogP contribution in [0.25, 0.3) is 44.5 Å². The summed E-state index contributed by atoms with van der Waals surface area (Å²) in [4.78, 5) is 0. The van der Waals surface area contributed by atoms with Crippen molar-refractivity contribution >= 4 is 0 Å². The standard InChI is InChI=1S/C46H42/c1-29-25-33(5)43(34(6)26-29)39-21-19-31(3)45(37-15-11-9-12-16-37)41(39)23-24-42-40(44-35(7)27-30(2)28-36(44)8)22-20-32(4)46(42)38-17-13-10-14-18-38/h9-22,25-28H,1-8H3. The van der Waals surface area contributed by atoms with Gasteiger partial charge in [0.05, 0.1) is 0 Å². The molecule has 0 spiro atoms. The quantitative estimate of drug-likeness (QED) is 0.178. The predicted molar refractivity (Wildman–Crippen MR) is 199 cm³/mol. The van der Waals surface area contributed by atoms with E-state index in [0.29, 0.717) is 0 Å². The van der Waals surface area contributed by atoms with Gasteiger partial charge in [-0.25, -0.2) is 0 Å². The topological polar surface area (TPSA) is 0 Å². The highest BCUT2D eigenvalue weighted by atomic mass is 14.2. The van der Waals surface area contributed by atoms with E-state index in [9.17, 15) is 0 Å². The van der Waals surface area contributed by atoms with Crippen LogP contribution in [0.3, 0.4) is 0 Å². The van der Waals surface area contributed by atoms with Gasteiger partial charge in [0.15, 0.2) is 0 Å².